The van der Waals surface area contributed by atoms with Crippen molar-refractivity contribution in [3.05, 3.63) is 10.6 Å². The Labute approximate surface area is 132 Å². The minimum atomic E-state index is -0.0418. The summed E-state index contributed by atoms with van der Waals surface area (Å²) >= 11 is 3.31. The van der Waals surface area contributed by atoms with Gasteiger partial charge in [0.1, 0.15) is 9.71 Å². The van der Waals surface area contributed by atoms with Crippen LogP contribution in [0.25, 0.3) is 10.2 Å². The number of amides is 1. The van der Waals surface area contributed by atoms with E-state index in [1.54, 1.807) is 4.68 Å². The van der Waals surface area contributed by atoms with Crippen LogP contribution in [0.2, 0.25) is 0 Å². The smallest absolute Gasteiger partial charge is 0.263 e. The highest BCUT2D eigenvalue weighted by Gasteiger charge is 2.27. The molecule has 1 saturated carbocycles. The summed E-state index contributed by atoms with van der Waals surface area (Å²) in [5.41, 5.74) is 7.62. The van der Waals surface area contributed by atoms with E-state index in [1.807, 2.05) is 25.7 Å². The number of hydrogen-bond donors (Lipinski definition) is 2. The van der Waals surface area contributed by atoms with Gasteiger partial charge in [-0.3, -0.25) is 9.48 Å². The van der Waals surface area contributed by atoms with E-state index in [2.05, 4.69) is 16.7 Å². The van der Waals surface area contributed by atoms with Crippen molar-refractivity contribution in [3.8, 4) is 0 Å². The van der Waals surface area contributed by atoms with Crippen molar-refractivity contribution in [2.45, 2.75) is 37.5 Å². The number of nitrogens with zero attached hydrogens (tertiary/aromatic N) is 2. The van der Waals surface area contributed by atoms with E-state index in [4.69, 9.17) is 5.73 Å². The SMILES string of the molecule is CSC1CCC(NC(=O)c2sc3c(c(C)nn3C)c2N)C1. The van der Waals surface area contributed by atoms with Gasteiger partial charge in [0.15, 0.2) is 0 Å². The van der Waals surface area contributed by atoms with Crippen molar-refractivity contribution >= 4 is 44.9 Å². The molecule has 0 radical (unpaired) electrons. The summed E-state index contributed by atoms with van der Waals surface area (Å²) < 4.78 is 1.79. The first-order valence-electron chi connectivity index (χ1n) is 7.06. The van der Waals surface area contributed by atoms with E-state index in [1.165, 1.54) is 17.8 Å². The van der Waals surface area contributed by atoms with Crippen LogP contribution in [0.15, 0.2) is 0 Å². The lowest BCUT2D eigenvalue weighted by molar-refractivity contribution is 0.0943. The summed E-state index contributed by atoms with van der Waals surface area (Å²) in [5, 5.41) is 9.07. The normalized spacial score (nSPS) is 22.0. The Morgan fingerprint density at radius 1 is 1.52 bits per heavy atom. The topological polar surface area (TPSA) is 72.9 Å². The zero-order valence-electron chi connectivity index (χ0n) is 12.5. The van der Waals surface area contributed by atoms with Crippen LogP contribution in [0.1, 0.15) is 34.6 Å². The Morgan fingerprint density at radius 3 is 2.90 bits per heavy atom. The zero-order chi connectivity index (χ0) is 15.1. The van der Waals surface area contributed by atoms with E-state index in [-0.39, 0.29) is 11.9 Å². The molecule has 0 bridgehead atoms. The fourth-order valence-corrected chi connectivity index (χ4v) is 4.92. The predicted octanol–water partition coefficient (Wildman–Crippen LogP) is 2.54. The molecule has 2 aromatic heterocycles. The van der Waals surface area contributed by atoms with Crippen LogP contribution in [0.5, 0.6) is 0 Å². The molecule has 0 aliphatic heterocycles. The Bertz CT molecular complexity index is 691. The summed E-state index contributed by atoms with van der Waals surface area (Å²) in [6, 6.07) is 0.277. The molecule has 7 heteroatoms. The van der Waals surface area contributed by atoms with E-state index in [0.717, 1.165) is 28.8 Å². The van der Waals surface area contributed by atoms with Gasteiger partial charge in [0.25, 0.3) is 5.91 Å². The summed E-state index contributed by atoms with van der Waals surface area (Å²) in [5.74, 6) is -0.0418. The first-order chi connectivity index (χ1) is 10.0. The number of nitrogens with one attached hydrogen (secondary N) is 1. The molecular weight excluding hydrogens is 304 g/mol. The van der Waals surface area contributed by atoms with Crippen LogP contribution in [0.3, 0.4) is 0 Å². The van der Waals surface area contributed by atoms with Gasteiger partial charge in [-0.15, -0.1) is 11.3 Å². The predicted molar refractivity (Wildman–Crippen MR) is 90.1 cm³/mol. The summed E-state index contributed by atoms with van der Waals surface area (Å²) in [6.07, 6.45) is 5.42. The van der Waals surface area contributed by atoms with Crippen molar-refractivity contribution in [3.63, 3.8) is 0 Å². The fourth-order valence-electron chi connectivity index (χ4n) is 3.03. The van der Waals surface area contributed by atoms with Crippen LogP contribution in [0.4, 0.5) is 5.69 Å². The number of aromatic nitrogens is 2. The Morgan fingerprint density at radius 2 is 2.29 bits per heavy atom. The molecule has 0 aromatic carbocycles. The molecule has 1 amide bonds. The molecular formula is C14H20N4OS2. The zero-order valence-corrected chi connectivity index (χ0v) is 14.1. The molecule has 1 fully saturated rings. The highest BCUT2D eigenvalue weighted by atomic mass is 32.2. The number of nitrogens with two attached hydrogens (primary N) is 1. The molecule has 0 saturated heterocycles. The third kappa shape index (κ3) is 2.53. The maximum atomic E-state index is 12.5. The number of rotatable bonds is 3. The third-order valence-electron chi connectivity index (χ3n) is 4.14. The standard InChI is InChI=1S/C14H20N4OS2/c1-7-10-11(15)12(21-14(10)18(2)17-7)13(19)16-8-4-5-9(6-8)20-3/h8-9H,4-6,15H2,1-3H3,(H,16,19). The van der Waals surface area contributed by atoms with Gasteiger partial charge < -0.3 is 11.1 Å². The number of aryl methyl sites for hydroxylation is 2. The van der Waals surface area contributed by atoms with Gasteiger partial charge >= 0.3 is 0 Å². The average Bonchev–Trinajstić information content (AvgIpc) is 3.09. The lowest BCUT2D eigenvalue weighted by Crippen LogP contribution is -2.33. The van der Waals surface area contributed by atoms with Crippen molar-refractivity contribution < 1.29 is 4.79 Å². The van der Waals surface area contributed by atoms with E-state index < -0.39 is 0 Å². The molecule has 21 heavy (non-hydrogen) atoms. The van der Waals surface area contributed by atoms with Gasteiger partial charge in [0, 0.05) is 18.3 Å². The third-order valence-corrected chi connectivity index (χ3v) is 6.51. The largest absolute Gasteiger partial charge is 0.397 e. The number of carbonyl (C=O) groups is 1. The number of hydrogen-bond acceptors (Lipinski definition) is 5. The summed E-state index contributed by atoms with van der Waals surface area (Å²) in [7, 11) is 1.88. The molecule has 114 valence electrons. The number of carbonyl (C=O) groups excluding carboxylic acids is 1. The van der Waals surface area contributed by atoms with Crippen LogP contribution in [-0.2, 0) is 7.05 Å². The van der Waals surface area contributed by atoms with Gasteiger partial charge in [0.05, 0.1) is 16.8 Å². The Balaban J connectivity index is 1.82. The van der Waals surface area contributed by atoms with Gasteiger partial charge in [-0.1, -0.05) is 0 Å². The van der Waals surface area contributed by atoms with Gasteiger partial charge in [-0.05, 0) is 32.4 Å². The van der Waals surface area contributed by atoms with Crippen molar-refractivity contribution in [1.29, 1.82) is 0 Å². The van der Waals surface area contributed by atoms with E-state index in [0.29, 0.717) is 15.8 Å². The molecule has 1 aliphatic carbocycles. The first-order valence-corrected chi connectivity index (χ1v) is 9.17. The summed E-state index contributed by atoms with van der Waals surface area (Å²) in [4.78, 5) is 14.1. The molecule has 2 heterocycles. The molecule has 3 rings (SSSR count). The van der Waals surface area contributed by atoms with Crippen LogP contribution in [0, 0.1) is 6.92 Å². The lowest BCUT2D eigenvalue weighted by atomic mass is 10.2. The molecule has 2 atom stereocenters. The number of anilines is 1. The number of thioether (sulfide) groups is 1. The minimum absolute atomic E-state index is 0.0418. The number of nitrogen functional groups attached to an aromatic ring is 1. The van der Waals surface area contributed by atoms with Crippen LogP contribution >= 0.6 is 23.1 Å². The second-order valence-electron chi connectivity index (χ2n) is 5.58. The Kier molecular flexibility index (Phi) is 3.88. The molecule has 3 N–H and O–H groups in total. The van der Waals surface area contributed by atoms with Crippen LogP contribution < -0.4 is 11.1 Å². The van der Waals surface area contributed by atoms with E-state index in [9.17, 15) is 4.79 Å². The fraction of sp³-hybridized carbons (Fsp3) is 0.571. The maximum absolute atomic E-state index is 12.5. The highest BCUT2D eigenvalue weighted by molar-refractivity contribution is 7.99. The van der Waals surface area contributed by atoms with Crippen molar-refractivity contribution in [1.82, 2.24) is 15.1 Å². The summed E-state index contributed by atoms with van der Waals surface area (Å²) in [6.45, 7) is 1.92. The molecule has 0 spiro atoms. The van der Waals surface area contributed by atoms with E-state index >= 15 is 0 Å². The number of thiophene rings is 1. The number of fused-ring (bicyclic) bond motifs is 1. The molecule has 2 unspecified atom stereocenters. The first kappa shape index (κ1) is 14.7. The van der Waals surface area contributed by atoms with Gasteiger partial charge in [0.2, 0.25) is 0 Å². The monoisotopic (exact) mass is 324 g/mol. The second kappa shape index (κ2) is 5.53. The van der Waals surface area contributed by atoms with Gasteiger partial charge in [-0.2, -0.15) is 16.9 Å². The molecule has 1 aliphatic rings. The van der Waals surface area contributed by atoms with Crippen LogP contribution in [-0.4, -0.2) is 33.2 Å². The molecule has 5 nitrogen and oxygen atoms in total. The van der Waals surface area contributed by atoms with Crippen molar-refractivity contribution in [2.75, 3.05) is 12.0 Å². The lowest BCUT2D eigenvalue weighted by Gasteiger charge is -2.12. The second-order valence-corrected chi connectivity index (χ2v) is 7.71. The minimum Gasteiger partial charge on any atom is -0.397 e. The Hall–Kier alpha value is -1.21. The molecule has 2 aromatic rings. The average molecular weight is 324 g/mol. The maximum Gasteiger partial charge on any atom is 0.263 e. The van der Waals surface area contributed by atoms with Crippen molar-refractivity contribution in [2.24, 2.45) is 7.05 Å². The quantitative estimate of drug-likeness (QED) is 0.910. The highest BCUT2D eigenvalue weighted by Crippen LogP contribution is 2.36. The van der Waals surface area contributed by atoms with Gasteiger partial charge in [-0.25, -0.2) is 0 Å².